The van der Waals surface area contributed by atoms with Crippen LogP contribution in [0.4, 0.5) is 0 Å². The SMILES string of the molecule is CCCCCCCCCCCCCCCC1CCO[Si](C)(CCCSC(=O)CCCCCCCCCCC)ONC1. The molecular formula is C35H71NO3SSi. The minimum Gasteiger partial charge on any atom is -0.394 e. The van der Waals surface area contributed by atoms with E-state index in [0.717, 1.165) is 50.6 Å². The van der Waals surface area contributed by atoms with Crippen LogP contribution in [0.25, 0.3) is 0 Å². The molecular weight excluding hydrogens is 543 g/mol. The van der Waals surface area contributed by atoms with Crippen molar-refractivity contribution in [3.8, 4) is 0 Å². The average molecular weight is 614 g/mol. The molecule has 0 aliphatic carbocycles. The smallest absolute Gasteiger partial charge is 0.355 e. The van der Waals surface area contributed by atoms with Crippen LogP contribution in [0.2, 0.25) is 12.6 Å². The van der Waals surface area contributed by atoms with Gasteiger partial charge in [0.25, 0.3) is 0 Å². The highest BCUT2D eigenvalue weighted by Crippen LogP contribution is 2.23. The van der Waals surface area contributed by atoms with Crippen LogP contribution in [0.5, 0.6) is 0 Å². The van der Waals surface area contributed by atoms with Gasteiger partial charge in [0.15, 0.2) is 5.12 Å². The lowest BCUT2D eigenvalue weighted by Crippen LogP contribution is -2.47. The van der Waals surface area contributed by atoms with Gasteiger partial charge in [-0.3, -0.25) is 4.79 Å². The lowest BCUT2D eigenvalue weighted by molar-refractivity contribution is -0.111. The molecule has 0 aromatic heterocycles. The zero-order valence-corrected chi connectivity index (χ0v) is 29.7. The van der Waals surface area contributed by atoms with Gasteiger partial charge in [-0.2, -0.15) is 0 Å². The van der Waals surface area contributed by atoms with Gasteiger partial charge in [-0.15, -0.1) is 0 Å². The highest BCUT2D eigenvalue weighted by Gasteiger charge is 2.33. The second kappa shape index (κ2) is 28.9. The zero-order chi connectivity index (χ0) is 29.7. The van der Waals surface area contributed by atoms with E-state index in [1.54, 1.807) is 0 Å². The first-order valence-electron chi connectivity index (χ1n) is 18.3. The molecule has 41 heavy (non-hydrogen) atoms. The van der Waals surface area contributed by atoms with Crippen LogP contribution in [-0.4, -0.2) is 32.6 Å². The van der Waals surface area contributed by atoms with E-state index in [1.165, 1.54) is 153 Å². The highest BCUT2D eigenvalue weighted by atomic mass is 32.2. The Bertz CT molecular complexity index is 570. The van der Waals surface area contributed by atoms with Crippen molar-refractivity contribution < 1.29 is 13.7 Å². The Morgan fingerprint density at radius 2 is 1.20 bits per heavy atom. The fraction of sp³-hybridized carbons (Fsp3) is 0.971. The van der Waals surface area contributed by atoms with Gasteiger partial charge in [0.05, 0.1) is 0 Å². The van der Waals surface area contributed by atoms with Crippen LogP contribution in [0.1, 0.15) is 181 Å². The van der Waals surface area contributed by atoms with Crippen LogP contribution in [-0.2, 0) is 13.7 Å². The van der Waals surface area contributed by atoms with Crippen LogP contribution < -0.4 is 5.48 Å². The number of hydrogen-bond acceptors (Lipinski definition) is 5. The number of rotatable bonds is 28. The first kappa shape index (κ1) is 39.1. The van der Waals surface area contributed by atoms with E-state index in [9.17, 15) is 4.79 Å². The van der Waals surface area contributed by atoms with Crippen molar-refractivity contribution in [3.63, 3.8) is 0 Å². The summed E-state index contributed by atoms with van der Waals surface area (Å²) in [6.45, 7) is 8.53. The Balaban J connectivity index is 1.95. The molecule has 1 aliphatic rings. The number of carbonyl (C=O) groups is 1. The summed E-state index contributed by atoms with van der Waals surface area (Å²) in [6.07, 6.45) is 34.3. The zero-order valence-electron chi connectivity index (χ0n) is 27.9. The van der Waals surface area contributed by atoms with Gasteiger partial charge >= 0.3 is 8.56 Å². The minimum atomic E-state index is -2.18. The maximum Gasteiger partial charge on any atom is 0.355 e. The Hall–Kier alpha value is 0.117. The van der Waals surface area contributed by atoms with E-state index in [-0.39, 0.29) is 0 Å². The topological polar surface area (TPSA) is 47.6 Å². The Morgan fingerprint density at radius 1 is 0.707 bits per heavy atom. The molecule has 1 saturated heterocycles. The van der Waals surface area contributed by atoms with Crippen molar-refractivity contribution in [2.24, 2.45) is 5.92 Å². The molecule has 0 bridgehead atoms. The molecule has 6 heteroatoms. The maximum absolute atomic E-state index is 12.3. The second-order valence-corrected chi connectivity index (χ2v) is 17.4. The molecule has 4 nitrogen and oxygen atoms in total. The standard InChI is InChI=1S/C35H71NO3SSi/c1-4-6-8-10-12-14-15-16-17-19-20-22-24-27-34-29-30-38-41(3,39-36-33-34)32-26-31-40-35(37)28-25-23-21-18-13-11-9-7-5-2/h34,36H,4-33H2,1-3H3. The number of thioether (sulfide) groups is 1. The largest absolute Gasteiger partial charge is 0.394 e. The summed E-state index contributed by atoms with van der Waals surface area (Å²) < 4.78 is 12.5. The molecule has 0 aromatic carbocycles. The lowest BCUT2D eigenvalue weighted by atomic mass is 9.97. The molecule has 1 N–H and O–H groups in total. The molecule has 2 unspecified atom stereocenters. The highest BCUT2D eigenvalue weighted by molar-refractivity contribution is 8.13. The Morgan fingerprint density at radius 3 is 1.73 bits per heavy atom. The molecule has 244 valence electrons. The predicted octanol–water partition coefficient (Wildman–Crippen LogP) is 11.7. The number of hydrogen-bond donors (Lipinski definition) is 1. The fourth-order valence-electron chi connectivity index (χ4n) is 5.94. The summed E-state index contributed by atoms with van der Waals surface area (Å²) in [5, 5.41) is 0.369. The Kier molecular flexibility index (Phi) is 27.6. The van der Waals surface area contributed by atoms with Crippen molar-refractivity contribution in [1.29, 1.82) is 0 Å². The lowest BCUT2D eigenvalue weighted by Gasteiger charge is -2.31. The first-order valence-corrected chi connectivity index (χ1v) is 21.8. The third-order valence-corrected chi connectivity index (χ3v) is 12.5. The van der Waals surface area contributed by atoms with Gasteiger partial charge in [0, 0.05) is 25.3 Å². The number of hydroxylamine groups is 1. The van der Waals surface area contributed by atoms with E-state index in [4.69, 9.17) is 8.95 Å². The van der Waals surface area contributed by atoms with Crippen LogP contribution in [0, 0.1) is 5.92 Å². The van der Waals surface area contributed by atoms with Gasteiger partial charge in [-0.25, -0.2) is 5.48 Å². The van der Waals surface area contributed by atoms with E-state index in [2.05, 4.69) is 25.9 Å². The fourth-order valence-corrected chi connectivity index (χ4v) is 9.06. The van der Waals surface area contributed by atoms with Crippen LogP contribution in [0.3, 0.4) is 0 Å². The van der Waals surface area contributed by atoms with Crippen molar-refractivity contribution in [2.45, 2.75) is 193 Å². The van der Waals surface area contributed by atoms with E-state index >= 15 is 0 Å². The average Bonchev–Trinajstić information content (AvgIpc) is 2.95. The summed E-state index contributed by atoms with van der Waals surface area (Å²) in [6, 6.07) is 0.960. The molecule has 2 atom stereocenters. The molecule has 0 amide bonds. The van der Waals surface area contributed by atoms with E-state index < -0.39 is 8.56 Å². The molecule has 1 fully saturated rings. The van der Waals surface area contributed by atoms with Crippen molar-refractivity contribution >= 4 is 25.4 Å². The van der Waals surface area contributed by atoms with Gasteiger partial charge in [0.2, 0.25) is 0 Å². The summed E-state index contributed by atoms with van der Waals surface area (Å²) in [4.78, 5) is 12.3. The van der Waals surface area contributed by atoms with Gasteiger partial charge in [-0.05, 0) is 44.2 Å². The van der Waals surface area contributed by atoms with Crippen LogP contribution in [0.15, 0.2) is 0 Å². The molecule has 1 rings (SSSR count). The third-order valence-electron chi connectivity index (χ3n) is 8.83. The molecule has 1 heterocycles. The summed E-state index contributed by atoms with van der Waals surface area (Å²) in [5.74, 6) is 1.56. The minimum absolute atomic E-state index is 0.369. The van der Waals surface area contributed by atoms with Crippen LogP contribution >= 0.6 is 11.8 Å². The van der Waals surface area contributed by atoms with Gasteiger partial charge in [-0.1, -0.05) is 160 Å². The number of carbonyl (C=O) groups excluding carboxylic acids is 1. The predicted molar refractivity (Wildman–Crippen MR) is 184 cm³/mol. The summed E-state index contributed by atoms with van der Waals surface area (Å²) in [5.41, 5.74) is 3.30. The monoisotopic (exact) mass is 613 g/mol. The summed E-state index contributed by atoms with van der Waals surface area (Å²) >= 11 is 1.52. The molecule has 0 spiro atoms. The molecule has 1 aliphatic heterocycles. The van der Waals surface area contributed by atoms with Gasteiger partial charge in [0.1, 0.15) is 0 Å². The number of nitrogens with one attached hydrogen (secondary N) is 1. The second-order valence-electron chi connectivity index (χ2n) is 13.0. The molecule has 0 aromatic rings. The van der Waals surface area contributed by atoms with Crippen molar-refractivity contribution in [2.75, 3.05) is 18.9 Å². The summed E-state index contributed by atoms with van der Waals surface area (Å²) in [7, 11) is -2.18. The van der Waals surface area contributed by atoms with E-state index in [1.807, 2.05) is 0 Å². The molecule has 0 radical (unpaired) electrons. The first-order chi connectivity index (χ1) is 20.1. The quantitative estimate of drug-likeness (QED) is 0.0702. The third kappa shape index (κ3) is 25.2. The van der Waals surface area contributed by atoms with Crippen molar-refractivity contribution in [3.05, 3.63) is 0 Å². The normalized spacial score (nSPS) is 19.7. The van der Waals surface area contributed by atoms with Gasteiger partial charge < -0.3 is 8.95 Å². The Labute approximate surface area is 262 Å². The van der Waals surface area contributed by atoms with E-state index in [0.29, 0.717) is 11.0 Å². The maximum atomic E-state index is 12.3. The number of unbranched alkanes of at least 4 members (excludes halogenated alkanes) is 20. The molecule has 0 saturated carbocycles. The van der Waals surface area contributed by atoms with Crippen molar-refractivity contribution in [1.82, 2.24) is 5.48 Å².